The molecule has 1 aromatic carbocycles. The average molecular weight is 440 g/mol. The maximum absolute atomic E-state index is 12.6. The highest BCUT2D eigenvalue weighted by Gasteiger charge is 2.21. The van der Waals surface area contributed by atoms with E-state index in [1.807, 2.05) is 24.3 Å². The highest BCUT2D eigenvalue weighted by Crippen LogP contribution is 2.28. The van der Waals surface area contributed by atoms with Gasteiger partial charge < -0.3 is 20.9 Å². The summed E-state index contributed by atoms with van der Waals surface area (Å²) < 4.78 is 1.35. The Morgan fingerprint density at radius 1 is 1.10 bits per heavy atom. The fourth-order valence-electron chi connectivity index (χ4n) is 4.03. The fraction of sp³-hybridized carbons (Fsp3) is 0.429. The maximum atomic E-state index is 12.6. The predicted octanol–water partition coefficient (Wildman–Crippen LogP) is 1.17. The molecule has 2 saturated heterocycles. The molecule has 0 atom stereocenters. The number of fused-ring (bicyclic) bond motifs is 1. The lowest BCUT2D eigenvalue weighted by Gasteiger charge is -2.27. The van der Waals surface area contributed by atoms with Gasteiger partial charge >= 0.3 is 0 Å². The number of benzene rings is 1. The number of nitrogens with zero attached hydrogens (tertiary/aromatic N) is 4. The molecule has 2 aliphatic heterocycles. The summed E-state index contributed by atoms with van der Waals surface area (Å²) in [5.41, 5.74) is 1.40. The number of piperidine rings is 1. The van der Waals surface area contributed by atoms with Crippen LogP contribution in [0.15, 0.2) is 35.1 Å². The van der Waals surface area contributed by atoms with Crippen LogP contribution in [0.5, 0.6) is 0 Å². The number of anilines is 2. The molecule has 0 unspecified atom stereocenters. The Labute approximate surface area is 183 Å². The molecule has 2 fully saturated rings. The molecule has 162 valence electrons. The van der Waals surface area contributed by atoms with E-state index < -0.39 is 0 Å². The van der Waals surface area contributed by atoms with Gasteiger partial charge in [0.2, 0.25) is 10.9 Å². The summed E-state index contributed by atoms with van der Waals surface area (Å²) in [6, 6.07) is 9.15. The van der Waals surface area contributed by atoms with Crippen molar-refractivity contribution in [2.24, 2.45) is 5.92 Å². The number of nitrogens with one attached hydrogen (secondary N) is 3. The molecule has 2 aromatic heterocycles. The lowest BCUT2D eigenvalue weighted by atomic mass is 9.97. The monoisotopic (exact) mass is 439 g/mol. The number of aromatic nitrogens is 3. The number of amides is 1. The molecule has 0 aliphatic carbocycles. The Hall–Kier alpha value is -2.82. The molecule has 4 heterocycles. The van der Waals surface area contributed by atoms with E-state index in [0.29, 0.717) is 15.8 Å². The smallest absolute Gasteiger partial charge is 0.277 e. The zero-order valence-corrected chi connectivity index (χ0v) is 18.0. The van der Waals surface area contributed by atoms with Crippen molar-refractivity contribution >= 4 is 33.7 Å². The van der Waals surface area contributed by atoms with Crippen molar-refractivity contribution in [3.63, 3.8) is 0 Å². The Balaban J connectivity index is 1.40. The minimum absolute atomic E-state index is 0.0403. The second-order valence-electron chi connectivity index (χ2n) is 7.89. The molecule has 0 spiro atoms. The third-order valence-electron chi connectivity index (χ3n) is 5.76. The Morgan fingerprint density at radius 2 is 1.87 bits per heavy atom. The van der Waals surface area contributed by atoms with Crippen molar-refractivity contribution in [1.82, 2.24) is 25.2 Å². The topological polar surface area (TPSA) is 104 Å². The van der Waals surface area contributed by atoms with E-state index in [1.54, 1.807) is 6.07 Å². The van der Waals surface area contributed by atoms with Crippen LogP contribution in [0.1, 0.15) is 12.8 Å². The molecule has 3 N–H and O–H groups in total. The highest BCUT2D eigenvalue weighted by molar-refractivity contribution is 7.19. The summed E-state index contributed by atoms with van der Waals surface area (Å²) in [6.07, 6.45) is 1.71. The normalized spacial score (nSPS) is 17.7. The summed E-state index contributed by atoms with van der Waals surface area (Å²) in [4.78, 5) is 32.6. The van der Waals surface area contributed by atoms with Gasteiger partial charge in [0, 0.05) is 49.4 Å². The van der Waals surface area contributed by atoms with Gasteiger partial charge in [-0.3, -0.25) is 9.59 Å². The second-order valence-corrected chi connectivity index (χ2v) is 8.84. The summed E-state index contributed by atoms with van der Waals surface area (Å²) in [6.45, 7) is 5.17. The first-order valence-corrected chi connectivity index (χ1v) is 11.5. The van der Waals surface area contributed by atoms with Crippen molar-refractivity contribution in [1.29, 1.82) is 0 Å². The van der Waals surface area contributed by atoms with E-state index in [9.17, 15) is 9.59 Å². The van der Waals surface area contributed by atoms with Crippen LogP contribution in [0.2, 0.25) is 0 Å². The van der Waals surface area contributed by atoms with E-state index >= 15 is 0 Å². The number of carbonyl (C=O) groups is 1. The maximum Gasteiger partial charge on any atom is 0.277 e. The van der Waals surface area contributed by atoms with Crippen molar-refractivity contribution in [3.05, 3.63) is 40.7 Å². The van der Waals surface area contributed by atoms with E-state index in [2.05, 4.69) is 30.9 Å². The molecule has 10 heteroatoms. The van der Waals surface area contributed by atoms with Crippen LogP contribution in [0.25, 0.3) is 15.5 Å². The van der Waals surface area contributed by atoms with Crippen LogP contribution in [0, 0.1) is 5.92 Å². The Bertz CT molecular complexity index is 1150. The second kappa shape index (κ2) is 8.74. The van der Waals surface area contributed by atoms with Gasteiger partial charge in [-0.2, -0.15) is 9.61 Å². The van der Waals surface area contributed by atoms with Crippen LogP contribution in [0.4, 0.5) is 11.5 Å². The summed E-state index contributed by atoms with van der Waals surface area (Å²) in [7, 11) is 0. The molecule has 0 radical (unpaired) electrons. The highest BCUT2D eigenvalue weighted by atomic mass is 32.1. The van der Waals surface area contributed by atoms with Gasteiger partial charge in [-0.1, -0.05) is 23.5 Å². The molecule has 2 aliphatic rings. The van der Waals surface area contributed by atoms with E-state index in [0.717, 1.165) is 63.4 Å². The minimum atomic E-state index is -0.184. The van der Waals surface area contributed by atoms with Gasteiger partial charge in [0.15, 0.2) is 0 Å². The third-order valence-corrected chi connectivity index (χ3v) is 6.72. The van der Waals surface area contributed by atoms with Crippen LogP contribution >= 0.6 is 11.3 Å². The molecule has 9 nitrogen and oxygen atoms in total. The molecule has 0 bridgehead atoms. The van der Waals surface area contributed by atoms with Crippen molar-refractivity contribution in [3.8, 4) is 10.6 Å². The molecule has 3 aromatic rings. The van der Waals surface area contributed by atoms with Gasteiger partial charge in [-0.05, 0) is 38.1 Å². The molecule has 1 amide bonds. The first kappa shape index (κ1) is 20.1. The Morgan fingerprint density at radius 3 is 2.68 bits per heavy atom. The summed E-state index contributed by atoms with van der Waals surface area (Å²) in [5.74, 6) is 0.796. The summed E-state index contributed by atoms with van der Waals surface area (Å²) >= 11 is 1.38. The molecular formula is C21H25N7O2S. The minimum Gasteiger partial charge on any atom is -0.354 e. The van der Waals surface area contributed by atoms with Crippen molar-refractivity contribution in [2.45, 2.75) is 12.8 Å². The van der Waals surface area contributed by atoms with Gasteiger partial charge in [-0.15, -0.1) is 0 Å². The number of hydrogen-bond acceptors (Lipinski definition) is 8. The first-order valence-electron chi connectivity index (χ1n) is 10.7. The predicted molar refractivity (Wildman–Crippen MR) is 122 cm³/mol. The van der Waals surface area contributed by atoms with Crippen molar-refractivity contribution < 1.29 is 4.79 Å². The van der Waals surface area contributed by atoms with Gasteiger partial charge in [0.25, 0.3) is 5.56 Å². The quantitative estimate of drug-likeness (QED) is 0.561. The van der Waals surface area contributed by atoms with E-state index in [1.165, 1.54) is 15.9 Å². The largest absolute Gasteiger partial charge is 0.354 e. The lowest BCUT2D eigenvalue weighted by Crippen LogP contribution is -2.44. The number of piperazine rings is 1. The third kappa shape index (κ3) is 4.32. The number of rotatable bonds is 4. The van der Waals surface area contributed by atoms with Gasteiger partial charge in [-0.25, -0.2) is 4.98 Å². The van der Waals surface area contributed by atoms with Crippen LogP contribution in [-0.2, 0) is 4.79 Å². The van der Waals surface area contributed by atoms with E-state index in [4.69, 9.17) is 0 Å². The van der Waals surface area contributed by atoms with Gasteiger partial charge in [0.05, 0.1) is 0 Å². The van der Waals surface area contributed by atoms with Gasteiger partial charge in [0.1, 0.15) is 10.8 Å². The zero-order chi connectivity index (χ0) is 21.2. The fourth-order valence-corrected chi connectivity index (χ4v) is 4.93. The SMILES string of the molecule is O=C(Nc1cccc(-c2nn3c(=O)cc(N4CCNCC4)nc3s2)c1)C1CCNCC1. The summed E-state index contributed by atoms with van der Waals surface area (Å²) in [5, 5.41) is 14.8. The number of carbonyl (C=O) groups excluding carboxylic acids is 1. The molecule has 0 saturated carbocycles. The number of hydrogen-bond donors (Lipinski definition) is 3. The lowest BCUT2D eigenvalue weighted by molar-refractivity contribution is -0.120. The Kier molecular flexibility index (Phi) is 5.66. The van der Waals surface area contributed by atoms with Crippen LogP contribution in [0.3, 0.4) is 0 Å². The first-order chi connectivity index (χ1) is 15.2. The average Bonchev–Trinajstić information content (AvgIpc) is 3.25. The standard InChI is InChI=1S/C21H25N7O2S/c29-18-13-17(27-10-8-23-9-11-27)25-21-28(18)26-20(31-21)15-2-1-3-16(12-15)24-19(30)14-4-6-22-7-5-14/h1-3,12-14,22-23H,4-11H2,(H,24,30). The molecule has 5 rings (SSSR count). The molecule has 31 heavy (non-hydrogen) atoms. The van der Waals surface area contributed by atoms with Crippen molar-refractivity contribution in [2.75, 3.05) is 49.5 Å². The zero-order valence-electron chi connectivity index (χ0n) is 17.1. The van der Waals surface area contributed by atoms with Crippen LogP contribution in [-0.4, -0.2) is 59.8 Å². The molecular weight excluding hydrogens is 414 g/mol. The van der Waals surface area contributed by atoms with Crippen LogP contribution < -0.4 is 26.4 Å². The van der Waals surface area contributed by atoms with E-state index in [-0.39, 0.29) is 17.4 Å².